The van der Waals surface area contributed by atoms with Gasteiger partial charge in [-0.3, -0.25) is 4.79 Å². The monoisotopic (exact) mass is 294 g/mol. The lowest BCUT2D eigenvalue weighted by Gasteiger charge is -2.27. The predicted octanol–water partition coefficient (Wildman–Crippen LogP) is 2.08. The Morgan fingerprint density at radius 2 is 2.24 bits per heavy atom. The molecule has 1 atom stereocenters. The maximum atomic E-state index is 13.3. The van der Waals surface area contributed by atoms with Crippen molar-refractivity contribution < 1.29 is 18.7 Å². The van der Waals surface area contributed by atoms with Crippen LogP contribution in [0.15, 0.2) is 18.2 Å². The molecule has 1 unspecified atom stereocenters. The molecule has 5 nitrogen and oxygen atoms in total. The van der Waals surface area contributed by atoms with Gasteiger partial charge in [0.25, 0.3) is 0 Å². The first kappa shape index (κ1) is 15.4. The maximum Gasteiger partial charge on any atom is 0.340 e. The molecule has 0 saturated carbocycles. The molecule has 6 heteroatoms. The first-order chi connectivity index (χ1) is 10.0. The van der Waals surface area contributed by atoms with Crippen LogP contribution in [0.1, 0.15) is 36.5 Å². The molecular formula is C15H19FN2O3. The Morgan fingerprint density at radius 3 is 2.81 bits per heavy atom. The summed E-state index contributed by atoms with van der Waals surface area (Å²) in [4.78, 5) is 24.2. The van der Waals surface area contributed by atoms with E-state index in [-0.39, 0.29) is 17.2 Å². The van der Waals surface area contributed by atoms with Crippen LogP contribution in [0.2, 0.25) is 0 Å². The van der Waals surface area contributed by atoms with E-state index in [1.807, 2.05) is 6.92 Å². The van der Waals surface area contributed by atoms with Crippen LogP contribution in [-0.4, -0.2) is 31.1 Å². The average molecular weight is 294 g/mol. The number of nitrogens with one attached hydrogen (secondary N) is 2. The van der Waals surface area contributed by atoms with Crippen molar-refractivity contribution in [3.8, 4) is 0 Å². The number of benzene rings is 1. The number of carbonyl (C=O) groups is 2. The Bertz CT molecular complexity index is 554. The lowest BCUT2D eigenvalue weighted by Crippen LogP contribution is -2.50. The standard InChI is InChI=1S/C15H19FN2O3/c1-3-15(7-4-8-17-15)14(20)18-12-6-5-10(16)9-11(12)13(19)21-2/h5-6,9,17H,3-4,7-8H2,1-2H3,(H,18,20). The van der Waals surface area contributed by atoms with Crippen LogP contribution in [0.5, 0.6) is 0 Å². The molecule has 1 aromatic rings. The van der Waals surface area contributed by atoms with E-state index >= 15 is 0 Å². The quantitative estimate of drug-likeness (QED) is 0.834. The van der Waals surface area contributed by atoms with Gasteiger partial charge in [0.2, 0.25) is 5.91 Å². The van der Waals surface area contributed by atoms with Crippen molar-refractivity contribution in [2.45, 2.75) is 31.7 Å². The van der Waals surface area contributed by atoms with Gasteiger partial charge >= 0.3 is 5.97 Å². The molecule has 1 amide bonds. The van der Waals surface area contributed by atoms with E-state index in [4.69, 9.17) is 0 Å². The third-order valence-corrected chi connectivity index (χ3v) is 3.92. The zero-order chi connectivity index (χ0) is 15.5. The molecule has 0 spiro atoms. The van der Waals surface area contributed by atoms with Gasteiger partial charge in [-0.25, -0.2) is 9.18 Å². The summed E-state index contributed by atoms with van der Waals surface area (Å²) in [6, 6.07) is 3.63. The highest BCUT2D eigenvalue weighted by atomic mass is 19.1. The summed E-state index contributed by atoms with van der Waals surface area (Å²) >= 11 is 0. The summed E-state index contributed by atoms with van der Waals surface area (Å²) in [5.74, 6) is -1.45. The maximum absolute atomic E-state index is 13.3. The minimum atomic E-state index is -0.685. The van der Waals surface area contributed by atoms with Crippen LogP contribution in [0.4, 0.5) is 10.1 Å². The highest BCUT2D eigenvalue weighted by molar-refractivity contribution is 6.04. The molecule has 0 bridgehead atoms. The number of rotatable bonds is 4. The van der Waals surface area contributed by atoms with E-state index in [9.17, 15) is 14.0 Å². The number of esters is 1. The second kappa shape index (κ2) is 6.22. The highest BCUT2D eigenvalue weighted by Gasteiger charge is 2.39. The normalized spacial score (nSPS) is 21.1. The number of hydrogen-bond acceptors (Lipinski definition) is 4. The van der Waals surface area contributed by atoms with Crippen LogP contribution in [0, 0.1) is 5.82 Å². The first-order valence-electron chi connectivity index (χ1n) is 6.97. The summed E-state index contributed by atoms with van der Waals surface area (Å²) < 4.78 is 17.9. The summed E-state index contributed by atoms with van der Waals surface area (Å²) in [5, 5.41) is 5.93. The van der Waals surface area contributed by atoms with Gasteiger partial charge in [-0.2, -0.15) is 0 Å². The van der Waals surface area contributed by atoms with Crippen LogP contribution in [-0.2, 0) is 9.53 Å². The van der Waals surface area contributed by atoms with Gasteiger partial charge in [0.15, 0.2) is 0 Å². The third kappa shape index (κ3) is 3.05. The summed E-state index contributed by atoms with van der Waals surface area (Å²) in [6.07, 6.45) is 2.31. The molecule has 0 radical (unpaired) electrons. The Labute approximate surface area is 122 Å². The minimum Gasteiger partial charge on any atom is -0.465 e. The molecule has 0 aromatic heterocycles. The van der Waals surface area contributed by atoms with Crippen LogP contribution in [0.3, 0.4) is 0 Å². The Morgan fingerprint density at radius 1 is 1.48 bits per heavy atom. The summed E-state index contributed by atoms with van der Waals surface area (Å²) in [6.45, 7) is 2.72. The Balaban J connectivity index is 2.27. The van der Waals surface area contributed by atoms with Crippen molar-refractivity contribution in [1.82, 2.24) is 5.32 Å². The number of hydrogen-bond donors (Lipinski definition) is 2. The van der Waals surface area contributed by atoms with Crippen molar-refractivity contribution in [2.24, 2.45) is 0 Å². The van der Waals surface area contributed by atoms with Gasteiger partial charge in [0, 0.05) is 0 Å². The fraction of sp³-hybridized carbons (Fsp3) is 0.467. The lowest BCUT2D eigenvalue weighted by molar-refractivity contribution is -0.122. The van der Waals surface area contributed by atoms with Crippen molar-refractivity contribution in [3.63, 3.8) is 0 Å². The van der Waals surface area contributed by atoms with Crippen molar-refractivity contribution >= 4 is 17.6 Å². The van der Waals surface area contributed by atoms with Crippen molar-refractivity contribution in [3.05, 3.63) is 29.6 Å². The fourth-order valence-corrected chi connectivity index (χ4v) is 2.61. The van der Waals surface area contributed by atoms with Gasteiger partial charge < -0.3 is 15.4 Å². The molecule has 0 aliphatic carbocycles. The van der Waals surface area contributed by atoms with Crippen LogP contribution < -0.4 is 10.6 Å². The zero-order valence-corrected chi connectivity index (χ0v) is 12.2. The molecule has 1 saturated heterocycles. The van der Waals surface area contributed by atoms with E-state index in [0.29, 0.717) is 6.42 Å². The van der Waals surface area contributed by atoms with Gasteiger partial charge in [-0.05, 0) is 44.0 Å². The molecule has 1 heterocycles. The number of ether oxygens (including phenoxy) is 1. The average Bonchev–Trinajstić information content (AvgIpc) is 2.98. The van der Waals surface area contributed by atoms with E-state index < -0.39 is 17.3 Å². The topological polar surface area (TPSA) is 67.4 Å². The third-order valence-electron chi connectivity index (χ3n) is 3.92. The highest BCUT2D eigenvalue weighted by Crippen LogP contribution is 2.26. The molecule has 21 heavy (non-hydrogen) atoms. The smallest absolute Gasteiger partial charge is 0.340 e. The lowest BCUT2D eigenvalue weighted by atomic mass is 9.93. The predicted molar refractivity (Wildman–Crippen MR) is 76.6 cm³/mol. The minimum absolute atomic E-state index is 0.00935. The van der Waals surface area contributed by atoms with E-state index in [0.717, 1.165) is 25.5 Å². The molecule has 2 rings (SSSR count). The molecule has 114 valence electrons. The van der Waals surface area contributed by atoms with Gasteiger partial charge in [-0.15, -0.1) is 0 Å². The summed E-state index contributed by atoms with van der Waals surface area (Å²) in [7, 11) is 1.21. The zero-order valence-electron chi connectivity index (χ0n) is 12.2. The Hall–Kier alpha value is -1.95. The van der Waals surface area contributed by atoms with E-state index in [1.165, 1.54) is 19.2 Å². The second-order valence-electron chi connectivity index (χ2n) is 5.10. The van der Waals surface area contributed by atoms with Gasteiger partial charge in [0.1, 0.15) is 5.82 Å². The Kier molecular flexibility index (Phi) is 4.57. The summed E-state index contributed by atoms with van der Waals surface area (Å²) in [5.41, 5.74) is -0.355. The molecule has 1 aliphatic heterocycles. The number of anilines is 1. The second-order valence-corrected chi connectivity index (χ2v) is 5.10. The molecule has 2 N–H and O–H groups in total. The molecular weight excluding hydrogens is 275 g/mol. The first-order valence-corrected chi connectivity index (χ1v) is 6.97. The van der Waals surface area contributed by atoms with E-state index in [2.05, 4.69) is 15.4 Å². The number of halogens is 1. The van der Waals surface area contributed by atoms with Crippen molar-refractivity contribution in [1.29, 1.82) is 0 Å². The number of methoxy groups -OCH3 is 1. The number of carbonyl (C=O) groups excluding carboxylic acids is 2. The van der Waals surface area contributed by atoms with Crippen LogP contribution in [0.25, 0.3) is 0 Å². The van der Waals surface area contributed by atoms with Gasteiger partial charge in [-0.1, -0.05) is 6.92 Å². The van der Waals surface area contributed by atoms with Crippen LogP contribution >= 0.6 is 0 Å². The number of amides is 1. The SMILES string of the molecule is CCC1(C(=O)Nc2ccc(F)cc2C(=O)OC)CCCN1. The fourth-order valence-electron chi connectivity index (χ4n) is 2.61. The molecule has 1 fully saturated rings. The van der Waals surface area contributed by atoms with E-state index in [1.54, 1.807) is 0 Å². The van der Waals surface area contributed by atoms with Crippen molar-refractivity contribution in [2.75, 3.05) is 19.0 Å². The largest absolute Gasteiger partial charge is 0.465 e. The molecule has 1 aliphatic rings. The molecule has 1 aromatic carbocycles. The van der Waals surface area contributed by atoms with Gasteiger partial charge in [0.05, 0.1) is 23.9 Å².